The minimum atomic E-state index is -0.280. The molecule has 0 aromatic carbocycles. The topological polar surface area (TPSA) is 60.2 Å². The molecule has 0 aliphatic heterocycles. The number of carbonyl (C=O) groups is 1. The first-order valence-corrected chi connectivity index (χ1v) is 9.29. The van der Waals surface area contributed by atoms with Crippen LogP contribution < -0.4 is 0 Å². The Hall–Kier alpha value is -1.71. The van der Waals surface area contributed by atoms with E-state index < -0.39 is 0 Å². The predicted molar refractivity (Wildman–Crippen MR) is 100 cm³/mol. The minimum absolute atomic E-state index is 0.280. The molecule has 0 atom stereocenters. The van der Waals surface area contributed by atoms with Gasteiger partial charge in [-0.3, -0.25) is 10.1 Å². The zero-order chi connectivity index (χ0) is 17.9. The van der Waals surface area contributed by atoms with Gasteiger partial charge in [0.2, 0.25) is 5.70 Å². The van der Waals surface area contributed by atoms with Crippen molar-refractivity contribution in [1.82, 2.24) is 0 Å². The van der Waals surface area contributed by atoms with Crippen LogP contribution >= 0.6 is 0 Å². The molecule has 0 aromatic rings. The molecule has 0 amide bonds. The van der Waals surface area contributed by atoms with E-state index >= 15 is 0 Å². The lowest BCUT2D eigenvalue weighted by Crippen LogP contribution is -1.97. The third-order valence-electron chi connectivity index (χ3n) is 3.80. The maximum atomic E-state index is 11.0. The van der Waals surface area contributed by atoms with Crippen LogP contribution in [0.5, 0.6) is 0 Å². The summed E-state index contributed by atoms with van der Waals surface area (Å²) in [6.45, 7) is 2.20. The van der Waals surface area contributed by atoms with Gasteiger partial charge in [0, 0.05) is 6.42 Å². The molecule has 136 valence electrons. The second-order valence-corrected chi connectivity index (χ2v) is 5.99. The van der Waals surface area contributed by atoms with Crippen LogP contribution in [0.2, 0.25) is 0 Å². The smallest absolute Gasteiger partial charge is 0.246 e. The number of hydrogen-bond acceptors (Lipinski definition) is 3. The molecule has 0 N–H and O–H groups in total. The Bertz CT molecular complexity index is 411. The Balaban J connectivity index is 3.89. The van der Waals surface area contributed by atoms with Crippen molar-refractivity contribution in [3.05, 3.63) is 46.2 Å². The van der Waals surface area contributed by atoms with Crippen LogP contribution in [-0.4, -0.2) is 11.2 Å². The lowest BCUT2D eigenvalue weighted by atomic mass is 10.1. The monoisotopic (exact) mass is 335 g/mol. The first kappa shape index (κ1) is 22.3. The summed E-state index contributed by atoms with van der Waals surface area (Å²) in [6.07, 6.45) is 22.2. The van der Waals surface area contributed by atoms with E-state index in [4.69, 9.17) is 0 Å². The normalized spacial score (nSPS) is 12.3. The van der Waals surface area contributed by atoms with Gasteiger partial charge >= 0.3 is 0 Å². The van der Waals surface area contributed by atoms with Crippen molar-refractivity contribution >= 4 is 6.29 Å². The fraction of sp³-hybridized carbons (Fsp3) is 0.650. The van der Waals surface area contributed by atoms with Crippen LogP contribution in [0.15, 0.2) is 36.1 Å². The molecule has 0 bridgehead atoms. The van der Waals surface area contributed by atoms with Crippen molar-refractivity contribution in [2.75, 3.05) is 0 Å². The summed E-state index contributed by atoms with van der Waals surface area (Å²) in [6, 6.07) is 0. The summed E-state index contributed by atoms with van der Waals surface area (Å²) in [5, 5.41) is 11.0. The summed E-state index contributed by atoms with van der Waals surface area (Å²) in [5.41, 5.74) is 0.283. The summed E-state index contributed by atoms with van der Waals surface area (Å²) >= 11 is 0. The van der Waals surface area contributed by atoms with Crippen LogP contribution in [0, 0.1) is 10.1 Å². The van der Waals surface area contributed by atoms with Gasteiger partial charge in [-0.1, -0.05) is 56.9 Å². The molecule has 0 saturated carbocycles. The fourth-order valence-corrected chi connectivity index (χ4v) is 2.33. The van der Waals surface area contributed by atoms with Gasteiger partial charge in [-0.15, -0.1) is 0 Å². The van der Waals surface area contributed by atoms with Crippen LogP contribution in [0.25, 0.3) is 0 Å². The molecule has 4 nitrogen and oxygen atoms in total. The standard InChI is InChI=1S/C20H33NO3/c1-2-3-4-5-6-7-8-11-14-17-20(21(23)24)18-15-12-9-10-13-16-19-22/h6-7,11,14,18-19H,2-5,8-10,12-13,15-17H2,1H3/b7-6-,14-11-,20-18+. The summed E-state index contributed by atoms with van der Waals surface area (Å²) in [7, 11) is 0. The fourth-order valence-electron chi connectivity index (χ4n) is 2.33. The average molecular weight is 335 g/mol. The highest BCUT2D eigenvalue weighted by atomic mass is 16.6. The molecule has 4 heteroatoms. The number of hydrogen-bond donors (Lipinski definition) is 0. The first-order valence-electron chi connectivity index (χ1n) is 9.29. The van der Waals surface area contributed by atoms with Crippen molar-refractivity contribution < 1.29 is 9.72 Å². The van der Waals surface area contributed by atoms with Gasteiger partial charge in [0.15, 0.2) is 0 Å². The quantitative estimate of drug-likeness (QED) is 0.112. The molecule has 0 radical (unpaired) electrons. The maximum Gasteiger partial charge on any atom is 0.246 e. The van der Waals surface area contributed by atoms with Gasteiger partial charge in [-0.05, 0) is 44.6 Å². The molecule has 0 aromatic heterocycles. The molecule has 0 fully saturated rings. The van der Waals surface area contributed by atoms with Crippen molar-refractivity contribution in [3.63, 3.8) is 0 Å². The molecule has 0 spiro atoms. The van der Waals surface area contributed by atoms with E-state index in [1.54, 1.807) is 6.08 Å². The SMILES string of the molecule is CCCCC/C=C\C/C=C\C/C(=C\CCCCCCC=O)[N+](=O)[O-]. The Kier molecular flexibility index (Phi) is 16.4. The number of aldehydes is 1. The van der Waals surface area contributed by atoms with E-state index in [1.807, 2.05) is 12.2 Å². The molecule has 0 aliphatic carbocycles. The van der Waals surface area contributed by atoms with E-state index in [1.165, 1.54) is 19.3 Å². The molecule has 0 saturated heterocycles. The van der Waals surface area contributed by atoms with Crippen LogP contribution in [-0.2, 0) is 4.79 Å². The second-order valence-electron chi connectivity index (χ2n) is 5.99. The largest absolute Gasteiger partial charge is 0.303 e. The summed E-state index contributed by atoms with van der Waals surface area (Å²) in [4.78, 5) is 20.9. The summed E-state index contributed by atoms with van der Waals surface area (Å²) < 4.78 is 0. The Labute approximate surface area is 146 Å². The van der Waals surface area contributed by atoms with Gasteiger partial charge in [-0.2, -0.15) is 0 Å². The number of nitro groups is 1. The molecule has 0 rings (SSSR count). The zero-order valence-electron chi connectivity index (χ0n) is 15.1. The lowest BCUT2D eigenvalue weighted by Gasteiger charge is -1.97. The predicted octanol–water partition coefficient (Wildman–Crippen LogP) is 6.16. The molecular weight excluding hydrogens is 302 g/mol. The highest BCUT2D eigenvalue weighted by Crippen LogP contribution is 2.10. The van der Waals surface area contributed by atoms with Crippen LogP contribution in [0.1, 0.15) is 84.0 Å². The maximum absolute atomic E-state index is 11.0. The Morgan fingerprint density at radius 1 is 0.875 bits per heavy atom. The number of unbranched alkanes of at least 4 members (excludes halogenated alkanes) is 8. The number of rotatable bonds is 16. The van der Waals surface area contributed by atoms with Crippen molar-refractivity contribution in [2.24, 2.45) is 0 Å². The van der Waals surface area contributed by atoms with Gasteiger partial charge in [-0.25, -0.2) is 0 Å². The van der Waals surface area contributed by atoms with E-state index in [0.717, 1.165) is 51.2 Å². The molecule has 0 heterocycles. The highest BCUT2D eigenvalue weighted by molar-refractivity contribution is 5.48. The van der Waals surface area contributed by atoms with Gasteiger partial charge in [0.05, 0.1) is 11.3 Å². The van der Waals surface area contributed by atoms with E-state index in [-0.39, 0.29) is 10.6 Å². The molecule has 24 heavy (non-hydrogen) atoms. The Morgan fingerprint density at radius 2 is 1.54 bits per heavy atom. The number of nitrogens with zero attached hydrogens (tertiary/aromatic N) is 1. The molecule has 0 aliphatic rings. The highest BCUT2D eigenvalue weighted by Gasteiger charge is 2.06. The Morgan fingerprint density at radius 3 is 2.21 bits per heavy atom. The van der Waals surface area contributed by atoms with Gasteiger partial charge in [0.1, 0.15) is 6.29 Å². The van der Waals surface area contributed by atoms with E-state index in [0.29, 0.717) is 12.8 Å². The van der Waals surface area contributed by atoms with Gasteiger partial charge < -0.3 is 4.79 Å². The third-order valence-corrected chi connectivity index (χ3v) is 3.80. The minimum Gasteiger partial charge on any atom is -0.303 e. The number of allylic oxidation sites excluding steroid dienone is 5. The zero-order valence-corrected chi connectivity index (χ0v) is 15.1. The van der Waals surface area contributed by atoms with Crippen LogP contribution in [0.3, 0.4) is 0 Å². The summed E-state index contributed by atoms with van der Waals surface area (Å²) in [5.74, 6) is 0. The van der Waals surface area contributed by atoms with Crippen molar-refractivity contribution in [1.29, 1.82) is 0 Å². The van der Waals surface area contributed by atoms with Crippen molar-refractivity contribution in [2.45, 2.75) is 84.0 Å². The number of carbonyl (C=O) groups excluding carboxylic acids is 1. The first-order chi connectivity index (χ1) is 11.7. The van der Waals surface area contributed by atoms with Gasteiger partial charge in [0.25, 0.3) is 0 Å². The second kappa shape index (κ2) is 17.6. The van der Waals surface area contributed by atoms with E-state index in [2.05, 4.69) is 19.1 Å². The lowest BCUT2D eigenvalue weighted by molar-refractivity contribution is -0.427. The van der Waals surface area contributed by atoms with Crippen molar-refractivity contribution in [3.8, 4) is 0 Å². The van der Waals surface area contributed by atoms with Crippen LogP contribution in [0.4, 0.5) is 0 Å². The van der Waals surface area contributed by atoms with E-state index in [9.17, 15) is 14.9 Å². The average Bonchev–Trinajstić information content (AvgIpc) is 2.57. The molecule has 0 unspecified atom stereocenters. The molecular formula is C20H33NO3. The third kappa shape index (κ3) is 15.2.